The van der Waals surface area contributed by atoms with Crippen molar-refractivity contribution in [1.29, 1.82) is 0 Å². The lowest BCUT2D eigenvalue weighted by Gasteiger charge is -2.01. The van der Waals surface area contributed by atoms with E-state index in [4.69, 9.17) is 0 Å². The minimum absolute atomic E-state index is 0.814. The highest BCUT2D eigenvalue weighted by Gasteiger charge is 2.11. The molecule has 0 fully saturated rings. The van der Waals surface area contributed by atoms with Crippen LogP contribution in [-0.4, -0.2) is 15.0 Å². The lowest BCUT2D eigenvalue weighted by Crippen LogP contribution is -1.92. The van der Waals surface area contributed by atoms with Crippen molar-refractivity contribution in [2.75, 3.05) is 5.32 Å². The van der Waals surface area contributed by atoms with E-state index in [1.807, 2.05) is 39.1 Å². The van der Waals surface area contributed by atoms with Crippen LogP contribution in [0.2, 0.25) is 0 Å². The molecule has 0 spiro atoms. The summed E-state index contributed by atoms with van der Waals surface area (Å²) in [6.07, 6.45) is 1.84. The van der Waals surface area contributed by atoms with Gasteiger partial charge in [0, 0.05) is 11.6 Å². The molecule has 4 nitrogen and oxygen atoms in total. The van der Waals surface area contributed by atoms with E-state index in [1.165, 1.54) is 0 Å². The average Bonchev–Trinajstić information content (AvgIpc) is 2.99. The second kappa shape index (κ2) is 5.30. The van der Waals surface area contributed by atoms with Crippen LogP contribution in [0.5, 0.6) is 0 Å². The van der Waals surface area contributed by atoms with Crippen molar-refractivity contribution in [3.05, 3.63) is 40.0 Å². The normalized spacial score (nSPS) is 10.8. The Morgan fingerprint density at radius 1 is 1.10 bits per heavy atom. The van der Waals surface area contributed by atoms with Gasteiger partial charge in [-0.05, 0) is 32.4 Å². The molecule has 3 rings (SSSR count). The van der Waals surface area contributed by atoms with Gasteiger partial charge in [-0.3, -0.25) is 0 Å². The molecule has 0 aliphatic heterocycles. The lowest BCUT2D eigenvalue weighted by atomic mass is 10.3. The van der Waals surface area contributed by atoms with E-state index in [2.05, 4.69) is 25.6 Å². The molecule has 0 aromatic carbocycles. The second-order valence-corrected chi connectivity index (χ2v) is 6.59. The molecule has 0 bridgehead atoms. The predicted molar refractivity (Wildman–Crippen MR) is 85.0 cm³/mol. The van der Waals surface area contributed by atoms with Gasteiger partial charge >= 0.3 is 0 Å². The fourth-order valence-electron chi connectivity index (χ4n) is 1.86. The largest absolute Gasteiger partial charge is 0.316 e. The molecular weight excluding hydrogens is 288 g/mol. The Hall–Kier alpha value is -1.79. The third-order valence-corrected chi connectivity index (χ3v) is 4.64. The Balaban J connectivity index is 1.83. The summed E-state index contributed by atoms with van der Waals surface area (Å²) >= 11 is 3.26. The van der Waals surface area contributed by atoms with Gasteiger partial charge in [-0.2, -0.15) is 0 Å². The molecular formula is C14H14N4S2. The maximum Gasteiger partial charge on any atom is 0.188 e. The van der Waals surface area contributed by atoms with E-state index in [1.54, 1.807) is 22.7 Å². The maximum absolute atomic E-state index is 4.61. The van der Waals surface area contributed by atoms with Crippen LogP contribution in [-0.2, 0) is 0 Å². The number of rotatable bonds is 3. The summed E-state index contributed by atoms with van der Waals surface area (Å²) < 4.78 is 0. The summed E-state index contributed by atoms with van der Waals surface area (Å²) in [6, 6.07) is 3.99. The highest BCUT2D eigenvalue weighted by atomic mass is 32.1. The van der Waals surface area contributed by atoms with Crippen LogP contribution < -0.4 is 5.32 Å². The van der Waals surface area contributed by atoms with Gasteiger partial charge in [-0.25, -0.2) is 15.0 Å². The van der Waals surface area contributed by atoms with E-state index in [-0.39, 0.29) is 0 Å². The van der Waals surface area contributed by atoms with Crippen LogP contribution in [0.25, 0.3) is 10.6 Å². The Morgan fingerprint density at radius 2 is 1.95 bits per heavy atom. The molecule has 0 amide bonds. The first kappa shape index (κ1) is 13.2. The number of aromatic nitrogens is 3. The summed E-state index contributed by atoms with van der Waals surface area (Å²) in [5, 5.41) is 7.20. The molecule has 3 aromatic heterocycles. The summed E-state index contributed by atoms with van der Waals surface area (Å²) in [6.45, 7) is 6.06. The smallest absolute Gasteiger partial charge is 0.188 e. The molecule has 0 atom stereocenters. The third kappa shape index (κ3) is 2.71. The van der Waals surface area contributed by atoms with Gasteiger partial charge < -0.3 is 5.32 Å². The number of anilines is 2. The molecule has 0 aliphatic rings. The molecule has 0 aliphatic carbocycles. The van der Waals surface area contributed by atoms with Gasteiger partial charge in [-0.1, -0.05) is 6.07 Å². The van der Waals surface area contributed by atoms with Gasteiger partial charge in [0.1, 0.15) is 5.82 Å². The quantitative estimate of drug-likeness (QED) is 0.782. The Kier molecular flexibility index (Phi) is 3.50. The fraction of sp³-hybridized carbons (Fsp3) is 0.214. The SMILES string of the molecule is Cc1ccc(Nc2nc(-c3sc(C)nc3C)cs2)nc1. The first-order valence-electron chi connectivity index (χ1n) is 6.21. The van der Waals surface area contributed by atoms with Crippen molar-refractivity contribution in [2.45, 2.75) is 20.8 Å². The number of hydrogen-bond donors (Lipinski definition) is 1. The number of pyridine rings is 1. The van der Waals surface area contributed by atoms with Crippen molar-refractivity contribution in [3.63, 3.8) is 0 Å². The third-order valence-electron chi connectivity index (χ3n) is 2.79. The zero-order valence-electron chi connectivity index (χ0n) is 11.5. The summed E-state index contributed by atoms with van der Waals surface area (Å²) in [4.78, 5) is 14.5. The van der Waals surface area contributed by atoms with Gasteiger partial charge in [0.15, 0.2) is 5.13 Å². The topological polar surface area (TPSA) is 50.7 Å². The van der Waals surface area contributed by atoms with Crippen LogP contribution in [0.15, 0.2) is 23.7 Å². The zero-order valence-corrected chi connectivity index (χ0v) is 13.1. The summed E-state index contributed by atoms with van der Waals surface area (Å²) in [5.41, 5.74) is 3.16. The summed E-state index contributed by atoms with van der Waals surface area (Å²) in [7, 11) is 0. The maximum atomic E-state index is 4.61. The first-order chi connectivity index (χ1) is 9.61. The zero-order chi connectivity index (χ0) is 14.1. The van der Waals surface area contributed by atoms with E-state index >= 15 is 0 Å². The van der Waals surface area contributed by atoms with Crippen LogP contribution in [0, 0.1) is 20.8 Å². The molecule has 102 valence electrons. The molecule has 0 radical (unpaired) electrons. The van der Waals surface area contributed by atoms with E-state index in [0.29, 0.717) is 0 Å². The lowest BCUT2D eigenvalue weighted by molar-refractivity contribution is 1.20. The first-order valence-corrected chi connectivity index (χ1v) is 7.91. The molecule has 3 aromatic rings. The second-order valence-electron chi connectivity index (χ2n) is 4.53. The van der Waals surface area contributed by atoms with E-state index in [9.17, 15) is 0 Å². The number of nitrogens with one attached hydrogen (secondary N) is 1. The van der Waals surface area contributed by atoms with Gasteiger partial charge in [0.2, 0.25) is 0 Å². The standard InChI is InChI=1S/C14H14N4S2/c1-8-4-5-12(15-6-8)18-14-17-11(7-19-14)13-9(2)16-10(3)20-13/h4-7H,1-3H3,(H,15,17,18). The van der Waals surface area contributed by atoms with Crippen LogP contribution in [0.3, 0.4) is 0 Å². The summed E-state index contributed by atoms with van der Waals surface area (Å²) in [5.74, 6) is 0.814. The highest BCUT2D eigenvalue weighted by molar-refractivity contribution is 7.16. The molecule has 0 unspecified atom stereocenters. The van der Waals surface area contributed by atoms with Gasteiger partial charge in [-0.15, -0.1) is 22.7 Å². The van der Waals surface area contributed by atoms with Crippen LogP contribution in [0.1, 0.15) is 16.3 Å². The fourth-order valence-corrected chi connectivity index (χ4v) is 3.52. The van der Waals surface area contributed by atoms with Crippen LogP contribution in [0.4, 0.5) is 10.9 Å². The number of nitrogens with zero attached hydrogens (tertiary/aromatic N) is 3. The van der Waals surface area contributed by atoms with Crippen molar-refractivity contribution < 1.29 is 0 Å². The van der Waals surface area contributed by atoms with Crippen molar-refractivity contribution in [1.82, 2.24) is 15.0 Å². The van der Waals surface area contributed by atoms with E-state index < -0.39 is 0 Å². The van der Waals surface area contributed by atoms with Crippen molar-refractivity contribution >= 4 is 33.6 Å². The number of aryl methyl sites for hydroxylation is 3. The van der Waals surface area contributed by atoms with E-state index in [0.717, 1.165) is 37.8 Å². The molecule has 3 heterocycles. The monoisotopic (exact) mass is 302 g/mol. The minimum atomic E-state index is 0.814. The van der Waals surface area contributed by atoms with Gasteiger partial charge in [0.25, 0.3) is 0 Å². The minimum Gasteiger partial charge on any atom is -0.316 e. The molecule has 1 N–H and O–H groups in total. The number of hydrogen-bond acceptors (Lipinski definition) is 6. The average molecular weight is 302 g/mol. The van der Waals surface area contributed by atoms with Crippen LogP contribution >= 0.6 is 22.7 Å². The molecule has 0 saturated carbocycles. The predicted octanol–water partition coefficient (Wildman–Crippen LogP) is 4.33. The Bertz CT molecular complexity index is 728. The van der Waals surface area contributed by atoms with Gasteiger partial charge in [0.05, 0.1) is 21.3 Å². The van der Waals surface area contributed by atoms with Crippen molar-refractivity contribution in [2.24, 2.45) is 0 Å². The highest BCUT2D eigenvalue weighted by Crippen LogP contribution is 2.32. The Morgan fingerprint density at radius 3 is 2.60 bits per heavy atom. The molecule has 20 heavy (non-hydrogen) atoms. The Labute approximate surface area is 125 Å². The number of thiazole rings is 2. The molecule has 6 heteroatoms. The van der Waals surface area contributed by atoms with Crippen molar-refractivity contribution in [3.8, 4) is 10.6 Å². The molecule has 0 saturated heterocycles.